The van der Waals surface area contributed by atoms with Gasteiger partial charge in [0.15, 0.2) is 5.03 Å². The Morgan fingerprint density at radius 1 is 1.22 bits per heavy atom. The summed E-state index contributed by atoms with van der Waals surface area (Å²) in [7, 11) is -1.87. The van der Waals surface area contributed by atoms with Gasteiger partial charge in [0, 0.05) is 18.5 Å². The SMILES string of the molecule is COc1cccc2ccc(S(=O)(=O)N3CC3)nc12. The number of ether oxygens (including phenoxy) is 1. The Morgan fingerprint density at radius 3 is 2.67 bits per heavy atom. The fourth-order valence-corrected chi connectivity index (χ4v) is 3.10. The first-order valence-electron chi connectivity index (χ1n) is 5.57. The molecule has 0 radical (unpaired) electrons. The second kappa shape index (κ2) is 3.93. The van der Waals surface area contributed by atoms with Crippen molar-refractivity contribution >= 4 is 20.9 Å². The van der Waals surface area contributed by atoms with Gasteiger partial charge in [0.2, 0.25) is 0 Å². The van der Waals surface area contributed by atoms with Gasteiger partial charge in [-0.05, 0) is 18.2 Å². The van der Waals surface area contributed by atoms with Gasteiger partial charge in [-0.1, -0.05) is 12.1 Å². The van der Waals surface area contributed by atoms with Gasteiger partial charge in [-0.2, -0.15) is 4.31 Å². The predicted octanol–water partition coefficient (Wildman–Crippen LogP) is 1.25. The van der Waals surface area contributed by atoms with Crippen LogP contribution in [0.4, 0.5) is 0 Å². The van der Waals surface area contributed by atoms with Gasteiger partial charge in [-0.15, -0.1) is 0 Å². The van der Waals surface area contributed by atoms with Crippen molar-refractivity contribution in [3.63, 3.8) is 0 Å². The molecule has 0 bridgehead atoms. The van der Waals surface area contributed by atoms with E-state index >= 15 is 0 Å². The third kappa shape index (κ3) is 1.74. The van der Waals surface area contributed by atoms with E-state index < -0.39 is 10.0 Å². The fraction of sp³-hybridized carbons (Fsp3) is 0.250. The standard InChI is InChI=1S/C12H12N2O3S/c1-17-10-4-2-3-9-5-6-11(13-12(9)10)18(15,16)14-7-8-14/h2-6H,7-8H2,1H3. The van der Waals surface area contributed by atoms with Gasteiger partial charge in [0.05, 0.1) is 7.11 Å². The minimum absolute atomic E-state index is 0.0806. The molecule has 1 fully saturated rings. The number of methoxy groups -OCH3 is 1. The molecule has 2 heterocycles. The summed E-state index contributed by atoms with van der Waals surface area (Å²) in [6, 6.07) is 8.78. The van der Waals surface area contributed by atoms with E-state index in [4.69, 9.17) is 4.74 Å². The summed E-state index contributed by atoms with van der Waals surface area (Å²) in [4.78, 5) is 4.22. The van der Waals surface area contributed by atoms with E-state index in [2.05, 4.69) is 4.98 Å². The predicted molar refractivity (Wildman–Crippen MR) is 67.1 cm³/mol. The van der Waals surface area contributed by atoms with Crippen molar-refractivity contribution in [1.29, 1.82) is 0 Å². The highest BCUT2D eigenvalue weighted by molar-refractivity contribution is 7.89. The van der Waals surface area contributed by atoms with E-state index in [1.807, 2.05) is 12.1 Å². The van der Waals surface area contributed by atoms with Crippen LogP contribution in [0.15, 0.2) is 35.4 Å². The first-order chi connectivity index (χ1) is 8.63. The minimum atomic E-state index is -3.42. The molecule has 0 atom stereocenters. The molecule has 1 aliphatic heterocycles. The van der Waals surface area contributed by atoms with Gasteiger partial charge in [-0.3, -0.25) is 0 Å². The Bertz CT molecular complexity index is 708. The van der Waals surface area contributed by atoms with Crippen molar-refractivity contribution in [3.8, 4) is 5.75 Å². The van der Waals surface area contributed by atoms with Gasteiger partial charge in [0.1, 0.15) is 11.3 Å². The summed E-state index contributed by atoms with van der Waals surface area (Å²) in [6.45, 7) is 1.15. The number of para-hydroxylation sites is 1. The highest BCUT2D eigenvalue weighted by Gasteiger charge is 2.34. The average molecular weight is 264 g/mol. The Hall–Kier alpha value is -1.66. The molecular formula is C12H12N2O3S. The van der Waals surface area contributed by atoms with Crippen LogP contribution in [-0.2, 0) is 10.0 Å². The van der Waals surface area contributed by atoms with Gasteiger partial charge in [-0.25, -0.2) is 13.4 Å². The number of hydrogen-bond donors (Lipinski definition) is 0. The topological polar surface area (TPSA) is 59.3 Å². The van der Waals surface area contributed by atoms with E-state index in [1.165, 1.54) is 10.4 Å². The number of aromatic nitrogens is 1. The summed E-state index contributed by atoms with van der Waals surface area (Å²) in [5.74, 6) is 0.579. The zero-order valence-corrected chi connectivity index (χ0v) is 10.6. The Kier molecular flexibility index (Phi) is 2.49. The Morgan fingerprint density at radius 2 is 2.00 bits per heavy atom. The lowest BCUT2D eigenvalue weighted by Gasteiger charge is -2.07. The van der Waals surface area contributed by atoms with Gasteiger partial charge >= 0.3 is 0 Å². The van der Waals surface area contributed by atoms with Gasteiger partial charge < -0.3 is 4.74 Å². The normalized spacial score (nSPS) is 15.8. The highest BCUT2D eigenvalue weighted by Crippen LogP contribution is 2.27. The summed E-state index contributed by atoms with van der Waals surface area (Å²) < 4.78 is 30.7. The number of rotatable bonds is 3. The molecule has 1 aliphatic rings. The molecule has 0 N–H and O–H groups in total. The van der Waals surface area contributed by atoms with E-state index in [1.54, 1.807) is 19.2 Å². The molecule has 2 aromatic rings. The monoisotopic (exact) mass is 264 g/mol. The molecule has 0 spiro atoms. The lowest BCUT2D eigenvalue weighted by Crippen LogP contribution is -2.13. The average Bonchev–Trinajstić information content (AvgIpc) is 3.22. The van der Waals surface area contributed by atoms with Crippen LogP contribution in [-0.4, -0.2) is 37.9 Å². The lowest BCUT2D eigenvalue weighted by molar-refractivity contribution is 0.418. The molecule has 6 heteroatoms. The van der Waals surface area contributed by atoms with Crippen molar-refractivity contribution in [2.45, 2.75) is 5.03 Å². The zero-order valence-electron chi connectivity index (χ0n) is 9.83. The van der Waals surface area contributed by atoms with Crippen LogP contribution in [0.3, 0.4) is 0 Å². The molecule has 18 heavy (non-hydrogen) atoms. The Labute approximate surface area is 105 Å². The third-order valence-electron chi connectivity index (χ3n) is 2.89. The largest absolute Gasteiger partial charge is 0.494 e. The quantitative estimate of drug-likeness (QED) is 0.783. The van der Waals surface area contributed by atoms with Crippen molar-refractivity contribution in [2.24, 2.45) is 0 Å². The van der Waals surface area contributed by atoms with Crippen LogP contribution in [0.5, 0.6) is 5.75 Å². The van der Waals surface area contributed by atoms with Crippen LogP contribution in [0, 0.1) is 0 Å². The van der Waals surface area contributed by atoms with Crippen LogP contribution < -0.4 is 4.74 Å². The number of nitrogens with zero attached hydrogens (tertiary/aromatic N) is 2. The number of pyridine rings is 1. The van der Waals surface area contributed by atoms with Gasteiger partial charge in [0.25, 0.3) is 10.0 Å². The van der Waals surface area contributed by atoms with Crippen LogP contribution in [0.1, 0.15) is 0 Å². The Balaban J connectivity index is 2.21. The molecule has 0 amide bonds. The van der Waals surface area contributed by atoms with Crippen LogP contribution in [0.2, 0.25) is 0 Å². The van der Waals surface area contributed by atoms with Crippen molar-refractivity contribution in [3.05, 3.63) is 30.3 Å². The van der Waals surface area contributed by atoms with E-state index in [-0.39, 0.29) is 5.03 Å². The second-order valence-corrected chi connectivity index (χ2v) is 5.97. The van der Waals surface area contributed by atoms with Crippen LogP contribution >= 0.6 is 0 Å². The van der Waals surface area contributed by atoms with Crippen molar-refractivity contribution in [2.75, 3.05) is 20.2 Å². The third-order valence-corrected chi connectivity index (χ3v) is 4.69. The fourth-order valence-electron chi connectivity index (χ4n) is 1.82. The zero-order chi connectivity index (χ0) is 12.8. The van der Waals surface area contributed by atoms with Crippen molar-refractivity contribution in [1.82, 2.24) is 9.29 Å². The molecule has 5 nitrogen and oxygen atoms in total. The molecule has 0 aliphatic carbocycles. The summed E-state index contributed by atoms with van der Waals surface area (Å²) in [6.07, 6.45) is 0. The summed E-state index contributed by atoms with van der Waals surface area (Å²) >= 11 is 0. The van der Waals surface area contributed by atoms with E-state index in [0.29, 0.717) is 24.4 Å². The molecule has 94 valence electrons. The molecule has 0 saturated carbocycles. The number of sulfonamides is 1. The maximum Gasteiger partial charge on any atom is 0.260 e. The first kappa shape index (κ1) is 11.4. The number of benzene rings is 1. The first-order valence-corrected chi connectivity index (χ1v) is 7.01. The summed E-state index contributed by atoms with van der Waals surface area (Å²) in [5, 5.41) is 0.941. The maximum atomic E-state index is 12.1. The minimum Gasteiger partial charge on any atom is -0.494 e. The molecular weight excluding hydrogens is 252 g/mol. The molecule has 1 saturated heterocycles. The lowest BCUT2D eigenvalue weighted by atomic mass is 10.2. The molecule has 1 aromatic heterocycles. The maximum absolute atomic E-state index is 12.1. The molecule has 0 unspecified atom stereocenters. The molecule has 1 aromatic carbocycles. The number of hydrogen-bond acceptors (Lipinski definition) is 4. The van der Waals surface area contributed by atoms with E-state index in [0.717, 1.165) is 5.39 Å². The van der Waals surface area contributed by atoms with E-state index in [9.17, 15) is 8.42 Å². The summed E-state index contributed by atoms with van der Waals surface area (Å²) in [5.41, 5.74) is 0.572. The molecule has 3 rings (SSSR count). The van der Waals surface area contributed by atoms with Crippen LogP contribution in [0.25, 0.3) is 10.9 Å². The number of fused-ring (bicyclic) bond motifs is 1. The second-order valence-electron chi connectivity index (χ2n) is 4.09. The smallest absolute Gasteiger partial charge is 0.260 e. The highest BCUT2D eigenvalue weighted by atomic mass is 32.2. The van der Waals surface area contributed by atoms with Crippen molar-refractivity contribution < 1.29 is 13.2 Å².